The Balaban J connectivity index is 1.75. The van der Waals surface area contributed by atoms with Gasteiger partial charge < -0.3 is 10.4 Å². The van der Waals surface area contributed by atoms with Crippen LogP contribution in [0, 0.1) is 5.82 Å². The van der Waals surface area contributed by atoms with Gasteiger partial charge in [0.05, 0.1) is 12.4 Å². The number of aliphatic hydroxyl groups excluding tert-OH is 1. The first-order valence-electron chi connectivity index (χ1n) is 7.48. The van der Waals surface area contributed by atoms with E-state index in [-0.39, 0.29) is 17.9 Å². The lowest BCUT2D eigenvalue weighted by Crippen LogP contribution is -2.42. The summed E-state index contributed by atoms with van der Waals surface area (Å²) in [5.74, 6) is -0.357. The van der Waals surface area contributed by atoms with E-state index in [0.717, 1.165) is 25.7 Å². The van der Waals surface area contributed by atoms with E-state index >= 15 is 0 Å². The molecule has 124 valence electrons. The third kappa shape index (κ3) is 5.64. The second-order valence-corrected chi connectivity index (χ2v) is 7.70. The summed E-state index contributed by atoms with van der Waals surface area (Å²) in [6.45, 7) is 0.359. The predicted molar refractivity (Wildman–Crippen MR) is 83.4 cm³/mol. The maximum atomic E-state index is 13.1. The van der Waals surface area contributed by atoms with E-state index < -0.39 is 16.1 Å². The predicted octanol–water partition coefficient (Wildman–Crippen LogP) is 1.31. The minimum atomic E-state index is -3.15. The molecule has 1 fully saturated rings. The van der Waals surface area contributed by atoms with Crippen LogP contribution in [0.1, 0.15) is 37.4 Å². The van der Waals surface area contributed by atoms with E-state index in [2.05, 4.69) is 10.0 Å². The largest absolute Gasteiger partial charge is 0.387 e. The molecule has 1 aromatic rings. The molecule has 1 saturated carbocycles. The van der Waals surface area contributed by atoms with E-state index in [1.165, 1.54) is 18.4 Å². The Morgan fingerprint density at radius 2 is 1.91 bits per heavy atom. The van der Waals surface area contributed by atoms with Crippen molar-refractivity contribution in [1.29, 1.82) is 0 Å². The molecule has 0 amide bonds. The zero-order valence-corrected chi connectivity index (χ0v) is 13.4. The first-order valence-corrected chi connectivity index (χ1v) is 9.37. The Kier molecular flexibility index (Phi) is 5.91. The van der Waals surface area contributed by atoms with Crippen molar-refractivity contribution >= 4 is 10.0 Å². The summed E-state index contributed by atoms with van der Waals surface area (Å²) < 4.78 is 38.1. The van der Waals surface area contributed by atoms with Crippen LogP contribution in [0.15, 0.2) is 24.3 Å². The Morgan fingerprint density at radius 3 is 2.50 bits per heavy atom. The topological polar surface area (TPSA) is 78.4 Å². The molecule has 0 bridgehead atoms. The quantitative estimate of drug-likeness (QED) is 0.735. The number of aliphatic hydroxyl groups is 1. The molecule has 22 heavy (non-hydrogen) atoms. The van der Waals surface area contributed by atoms with E-state index in [1.807, 2.05) is 0 Å². The van der Waals surface area contributed by atoms with Crippen molar-refractivity contribution in [3.05, 3.63) is 35.6 Å². The molecule has 0 heterocycles. The molecule has 1 unspecified atom stereocenters. The maximum absolute atomic E-state index is 13.1. The van der Waals surface area contributed by atoms with Crippen LogP contribution in [0.3, 0.4) is 0 Å². The number of rotatable bonds is 6. The van der Waals surface area contributed by atoms with Crippen molar-refractivity contribution in [3.63, 3.8) is 0 Å². The summed E-state index contributed by atoms with van der Waals surface area (Å²) in [5, 5.41) is 13.3. The van der Waals surface area contributed by atoms with Crippen molar-refractivity contribution in [2.24, 2.45) is 0 Å². The van der Waals surface area contributed by atoms with Crippen LogP contribution in [0.5, 0.6) is 0 Å². The van der Waals surface area contributed by atoms with Crippen LogP contribution in [0.2, 0.25) is 0 Å². The monoisotopic (exact) mass is 330 g/mol. The van der Waals surface area contributed by atoms with Gasteiger partial charge >= 0.3 is 0 Å². The highest BCUT2D eigenvalue weighted by Gasteiger charge is 2.23. The molecule has 1 atom stereocenters. The molecule has 2 rings (SSSR count). The Morgan fingerprint density at radius 1 is 1.27 bits per heavy atom. The molecule has 0 spiro atoms. The molecule has 0 aromatic heterocycles. The first kappa shape index (κ1) is 17.3. The van der Waals surface area contributed by atoms with Gasteiger partial charge in [-0.2, -0.15) is 0 Å². The van der Waals surface area contributed by atoms with Crippen molar-refractivity contribution < 1.29 is 17.9 Å². The summed E-state index contributed by atoms with van der Waals surface area (Å²) in [5.41, 5.74) is 0.555. The van der Waals surface area contributed by atoms with Gasteiger partial charge in [0.15, 0.2) is 0 Å². The van der Waals surface area contributed by atoms with Gasteiger partial charge in [0.2, 0.25) is 10.0 Å². The van der Waals surface area contributed by atoms with E-state index in [1.54, 1.807) is 12.1 Å². The lowest BCUT2D eigenvalue weighted by Gasteiger charge is -2.29. The lowest BCUT2D eigenvalue weighted by atomic mass is 9.91. The van der Waals surface area contributed by atoms with Crippen LogP contribution in [0.4, 0.5) is 4.39 Å². The number of benzene rings is 1. The minimum absolute atomic E-state index is 0.00110. The van der Waals surface area contributed by atoms with Gasteiger partial charge in [-0.05, 0) is 43.4 Å². The summed E-state index contributed by atoms with van der Waals surface area (Å²) >= 11 is 0. The smallest absolute Gasteiger partial charge is 0.208 e. The van der Waals surface area contributed by atoms with Crippen LogP contribution < -0.4 is 10.0 Å². The fourth-order valence-electron chi connectivity index (χ4n) is 2.83. The SMILES string of the molecule is CS(=O)(=O)NC1CCC(NCC(O)c2cccc(F)c2)CC1. The average molecular weight is 330 g/mol. The van der Waals surface area contributed by atoms with Crippen molar-refractivity contribution in [3.8, 4) is 0 Å². The fourth-order valence-corrected chi connectivity index (χ4v) is 3.67. The minimum Gasteiger partial charge on any atom is -0.387 e. The highest BCUT2D eigenvalue weighted by atomic mass is 32.2. The maximum Gasteiger partial charge on any atom is 0.208 e. The number of hydrogen-bond donors (Lipinski definition) is 3. The molecule has 7 heteroatoms. The fraction of sp³-hybridized carbons (Fsp3) is 0.600. The van der Waals surface area contributed by atoms with Crippen molar-refractivity contribution in [1.82, 2.24) is 10.0 Å². The van der Waals surface area contributed by atoms with Gasteiger partial charge in [0.25, 0.3) is 0 Å². The molecule has 0 radical (unpaired) electrons. The molecule has 0 saturated heterocycles. The number of nitrogens with one attached hydrogen (secondary N) is 2. The highest BCUT2D eigenvalue weighted by molar-refractivity contribution is 7.88. The van der Waals surface area contributed by atoms with Gasteiger partial charge in [-0.1, -0.05) is 12.1 Å². The van der Waals surface area contributed by atoms with E-state index in [0.29, 0.717) is 12.1 Å². The van der Waals surface area contributed by atoms with Crippen LogP contribution in [-0.2, 0) is 10.0 Å². The van der Waals surface area contributed by atoms with E-state index in [4.69, 9.17) is 0 Å². The molecule has 1 aliphatic carbocycles. The number of halogens is 1. The van der Waals surface area contributed by atoms with Crippen molar-refractivity contribution in [2.75, 3.05) is 12.8 Å². The standard InChI is InChI=1S/C15H23FN2O3S/c1-22(20,21)18-14-7-5-13(6-8-14)17-10-15(19)11-3-2-4-12(16)9-11/h2-4,9,13-15,17-19H,5-8,10H2,1H3. The van der Waals surface area contributed by atoms with Gasteiger partial charge in [-0.3, -0.25) is 0 Å². The first-order chi connectivity index (χ1) is 10.3. The Bertz CT molecular complexity index is 586. The Labute approximate surface area is 131 Å². The molecule has 3 N–H and O–H groups in total. The molecule has 0 aliphatic heterocycles. The summed E-state index contributed by atoms with van der Waals surface area (Å²) in [6, 6.07) is 6.21. The zero-order valence-electron chi connectivity index (χ0n) is 12.6. The normalized spacial score (nSPS) is 24.1. The van der Waals surface area contributed by atoms with E-state index in [9.17, 15) is 17.9 Å². The second kappa shape index (κ2) is 7.50. The van der Waals surface area contributed by atoms with Crippen LogP contribution in [0.25, 0.3) is 0 Å². The molecule has 5 nitrogen and oxygen atoms in total. The second-order valence-electron chi connectivity index (χ2n) is 5.92. The highest BCUT2D eigenvalue weighted by Crippen LogP contribution is 2.20. The summed E-state index contributed by atoms with van der Waals surface area (Å²) in [7, 11) is -3.15. The van der Waals surface area contributed by atoms with Gasteiger partial charge in [-0.25, -0.2) is 17.5 Å². The number of sulfonamides is 1. The molecule has 1 aliphatic rings. The third-order valence-corrected chi connectivity index (χ3v) is 4.70. The van der Waals surface area contributed by atoms with Gasteiger partial charge in [0.1, 0.15) is 5.82 Å². The average Bonchev–Trinajstić information content (AvgIpc) is 2.44. The van der Waals surface area contributed by atoms with Gasteiger partial charge in [0, 0.05) is 18.6 Å². The number of hydrogen-bond acceptors (Lipinski definition) is 4. The van der Waals surface area contributed by atoms with Gasteiger partial charge in [-0.15, -0.1) is 0 Å². The van der Waals surface area contributed by atoms with Crippen molar-refractivity contribution in [2.45, 2.75) is 43.9 Å². The van der Waals surface area contributed by atoms with Crippen LogP contribution >= 0.6 is 0 Å². The zero-order chi connectivity index (χ0) is 16.2. The lowest BCUT2D eigenvalue weighted by molar-refractivity contribution is 0.164. The Hall–Kier alpha value is -1.02. The molecule has 1 aromatic carbocycles. The van der Waals surface area contributed by atoms with Crippen LogP contribution in [-0.4, -0.2) is 38.4 Å². The summed E-state index contributed by atoms with van der Waals surface area (Å²) in [4.78, 5) is 0. The third-order valence-electron chi connectivity index (χ3n) is 3.94. The molecular formula is C15H23FN2O3S. The molecular weight excluding hydrogens is 307 g/mol. The summed E-state index contributed by atoms with van der Waals surface area (Å²) in [6.07, 6.45) is 3.68.